The molecule has 35 heavy (non-hydrogen) atoms. The van der Waals surface area contributed by atoms with Crippen molar-refractivity contribution in [1.82, 2.24) is 0 Å². The standard InChI is InChI=1S/C30H44O5/c1-6-26(32)34-20-10-11-28(4)19(13-20)7-8-21-22(28)15-25(31)29(5)23(21)14-24-27(29)18(3)30(35-24)12-9-17(2)16-33-30/h15,17-21,23-24,27H,6-14,16H2,1-5H3/t17?,18?,19-,20?,21?,23?,24?,27?,28-,29+,30+/m0/s1. The molecule has 3 saturated carbocycles. The molecule has 0 N–H and O–H groups in total. The van der Waals surface area contributed by atoms with Gasteiger partial charge in [0.2, 0.25) is 0 Å². The molecule has 1 spiro atoms. The average Bonchev–Trinajstić information content (AvgIpc) is 3.28. The van der Waals surface area contributed by atoms with Crippen LogP contribution in [0.4, 0.5) is 0 Å². The van der Waals surface area contributed by atoms with E-state index in [1.54, 1.807) is 0 Å². The van der Waals surface area contributed by atoms with Gasteiger partial charge < -0.3 is 14.2 Å². The Labute approximate surface area is 210 Å². The van der Waals surface area contributed by atoms with Crippen molar-refractivity contribution in [3.05, 3.63) is 11.6 Å². The molecule has 2 saturated heterocycles. The monoisotopic (exact) mass is 484 g/mol. The van der Waals surface area contributed by atoms with Crippen molar-refractivity contribution in [3.63, 3.8) is 0 Å². The fraction of sp³-hybridized carbons (Fsp3) is 0.867. The van der Waals surface area contributed by atoms with Crippen LogP contribution in [-0.4, -0.2) is 36.4 Å². The molecule has 194 valence electrons. The number of carbonyl (C=O) groups is 2. The van der Waals surface area contributed by atoms with E-state index in [0.717, 1.165) is 58.0 Å². The number of fused-ring (bicyclic) bond motifs is 7. The topological polar surface area (TPSA) is 61.8 Å². The highest BCUT2D eigenvalue weighted by Gasteiger charge is 2.70. The Hall–Kier alpha value is -1.20. The Balaban J connectivity index is 1.27. The maximum Gasteiger partial charge on any atom is 0.305 e. The highest BCUT2D eigenvalue weighted by atomic mass is 16.7. The molecule has 0 radical (unpaired) electrons. The van der Waals surface area contributed by atoms with Crippen LogP contribution in [0.5, 0.6) is 0 Å². The van der Waals surface area contributed by atoms with Gasteiger partial charge >= 0.3 is 5.97 Å². The summed E-state index contributed by atoms with van der Waals surface area (Å²) in [4.78, 5) is 26.0. The lowest BCUT2D eigenvalue weighted by Crippen LogP contribution is -2.53. The minimum atomic E-state index is -0.488. The largest absolute Gasteiger partial charge is 0.462 e. The summed E-state index contributed by atoms with van der Waals surface area (Å²) in [6, 6.07) is 0. The third-order valence-electron chi connectivity index (χ3n) is 11.7. The lowest BCUT2D eigenvalue weighted by Gasteiger charge is -2.56. The molecule has 7 unspecified atom stereocenters. The molecule has 5 fully saturated rings. The SMILES string of the molecule is CCC(=O)OC1CC[C@]2(C)C3=CC(=O)[C@@]4(C)C(CC5O[C@]6(CCC(C)CO6)C(C)C54)C3CC[C@H]2C1. The maximum atomic E-state index is 14.1. The van der Waals surface area contributed by atoms with E-state index in [2.05, 4.69) is 33.8 Å². The zero-order valence-electron chi connectivity index (χ0n) is 22.3. The summed E-state index contributed by atoms with van der Waals surface area (Å²) in [6.07, 6.45) is 10.9. The Kier molecular flexibility index (Phi) is 5.62. The first-order chi connectivity index (χ1) is 16.6. The zero-order valence-corrected chi connectivity index (χ0v) is 22.3. The molecule has 4 aliphatic carbocycles. The molecule has 6 aliphatic rings. The normalized spacial score (nSPS) is 52.8. The van der Waals surface area contributed by atoms with Gasteiger partial charge in [-0.1, -0.05) is 40.2 Å². The van der Waals surface area contributed by atoms with Crippen LogP contribution in [0, 0.1) is 46.3 Å². The van der Waals surface area contributed by atoms with E-state index in [4.69, 9.17) is 14.2 Å². The quantitative estimate of drug-likeness (QED) is 0.460. The third-order valence-corrected chi connectivity index (χ3v) is 11.7. The van der Waals surface area contributed by atoms with Gasteiger partial charge in [0.25, 0.3) is 0 Å². The van der Waals surface area contributed by atoms with Crippen molar-refractivity contribution < 1.29 is 23.8 Å². The fourth-order valence-corrected chi connectivity index (χ4v) is 9.64. The van der Waals surface area contributed by atoms with E-state index in [1.807, 2.05) is 6.92 Å². The predicted molar refractivity (Wildman–Crippen MR) is 132 cm³/mol. The smallest absolute Gasteiger partial charge is 0.305 e. The average molecular weight is 485 g/mol. The second-order valence-corrected chi connectivity index (χ2v) is 13.4. The lowest BCUT2D eigenvalue weighted by molar-refractivity contribution is -0.271. The second kappa shape index (κ2) is 8.15. The van der Waals surface area contributed by atoms with Crippen molar-refractivity contribution in [3.8, 4) is 0 Å². The number of hydrogen-bond donors (Lipinski definition) is 0. The van der Waals surface area contributed by atoms with Crippen LogP contribution in [0.3, 0.4) is 0 Å². The summed E-state index contributed by atoms with van der Waals surface area (Å²) in [5.74, 6) is 2.14. The van der Waals surface area contributed by atoms with Crippen LogP contribution in [0.15, 0.2) is 11.6 Å². The first-order valence-electron chi connectivity index (χ1n) is 14.4. The number of carbonyl (C=O) groups excluding carboxylic acids is 2. The molecule has 0 aromatic rings. The van der Waals surface area contributed by atoms with E-state index in [-0.39, 0.29) is 40.8 Å². The summed E-state index contributed by atoms with van der Waals surface area (Å²) >= 11 is 0. The lowest BCUT2D eigenvalue weighted by atomic mass is 9.48. The van der Waals surface area contributed by atoms with Crippen LogP contribution in [-0.2, 0) is 23.8 Å². The van der Waals surface area contributed by atoms with Crippen LogP contribution in [0.25, 0.3) is 0 Å². The first-order valence-corrected chi connectivity index (χ1v) is 14.4. The zero-order chi connectivity index (χ0) is 24.8. The predicted octanol–water partition coefficient (Wildman–Crippen LogP) is 5.85. The second-order valence-electron chi connectivity index (χ2n) is 13.4. The van der Waals surface area contributed by atoms with Gasteiger partial charge in [-0.05, 0) is 80.1 Å². The molecule has 6 rings (SSSR count). The number of ether oxygens (including phenoxy) is 3. The number of esters is 1. The van der Waals surface area contributed by atoms with E-state index in [9.17, 15) is 9.59 Å². The van der Waals surface area contributed by atoms with E-state index >= 15 is 0 Å². The van der Waals surface area contributed by atoms with Gasteiger partial charge in [0.15, 0.2) is 11.6 Å². The highest BCUT2D eigenvalue weighted by molar-refractivity contribution is 5.97. The van der Waals surface area contributed by atoms with Crippen molar-refractivity contribution in [2.75, 3.05) is 6.61 Å². The molecule has 0 bridgehead atoms. The van der Waals surface area contributed by atoms with E-state index in [0.29, 0.717) is 35.9 Å². The van der Waals surface area contributed by atoms with Crippen molar-refractivity contribution in [2.45, 2.75) is 110 Å². The summed E-state index contributed by atoms with van der Waals surface area (Å²) < 4.78 is 19.0. The van der Waals surface area contributed by atoms with Crippen molar-refractivity contribution in [2.24, 2.45) is 46.3 Å². The molecule has 5 heteroatoms. The van der Waals surface area contributed by atoms with Gasteiger partial charge in [-0.25, -0.2) is 0 Å². The minimum absolute atomic E-state index is 0.0386. The van der Waals surface area contributed by atoms with Crippen LogP contribution in [0.1, 0.15) is 92.4 Å². The van der Waals surface area contributed by atoms with Gasteiger partial charge in [-0.2, -0.15) is 0 Å². The number of ketones is 1. The minimum Gasteiger partial charge on any atom is -0.462 e. The molecule has 0 amide bonds. The summed E-state index contributed by atoms with van der Waals surface area (Å²) in [6.45, 7) is 11.8. The summed E-state index contributed by atoms with van der Waals surface area (Å²) in [7, 11) is 0. The molecule has 0 aromatic heterocycles. The van der Waals surface area contributed by atoms with Gasteiger partial charge in [0.1, 0.15) is 6.10 Å². The fourth-order valence-electron chi connectivity index (χ4n) is 9.64. The highest BCUT2D eigenvalue weighted by Crippen LogP contribution is 2.69. The van der Waals surface area contributed by atoms with Gasteiger partial charge in [0, 0.05) is 30.1 Å². The Bertz CT molecular complexity index is 931. The van der Waals surface area contributed by atoms with Crippen molar-refractivity contribution in [1.29, 1.82) is 0 Å². The van der Waals surface area contributed by atoms with E-state index in [1.165, 1.54) is 5.57 Å². The summed E-state index contributed by atoms with van der Waals surface area (Å²) in [5.41, 5.74) is 1.10. The number of allylic oxidation sites excluding steroid dienone is 2. The van der Waals surface area contributed by atoms with Gasteiger partial charge in [-0.15, -0.1) is 0 Å². The third kappa shape index (κ3) is 3.32. The molecular weight excluding hydrogens is 440 g/mol. The van der Waals surface area contributed by atoms with E-state index < -0.39 is 5.79 Å². The molecule has 11 atom stereocenters. The first kappa shape index (κ1) is 24.2. The Morgan fingerprint density at radius 1 is 1.11 bits per heavy atom. The Morgan fingerprint density at radius 3 is 2.63 bits per heavy atom. The van der Waals surface area contributed by atoms with Crippen LogP contribution < -0.4 is 0 Å². The van der Waals surface area contributed by atoms with Gasteiger partial charge in [0.05, 0.1) is 12.7 Å². The maximum absolute atomic E-state index is 14.1. The molecular formula is C30H44O5. The van der Waals surface area contributed by atoms with Crippen LogP contribution in [0.2, 0.25) is 0 Å². The molecule has 0 aromatic carbocycles. The van der Waals surface area contributed by atoms with Crippen molar-refractivity contribution >= 4 is 11.8 Å². The van der Waals surface area contributed by atoms with Crippen LogP contribution >= 0.6 is 0 Å². The summed E-state index contributed by atoms with van der Waals surface area (Å²) in [5, 5.41) is 0. The number of hydrogen-bond acceptors (Lipinski definition) is 5. The molecule has 2 aliphatic heterocycles. The molecule has 5 nitrogen and oxygen atoms in total. The number of rotatable bonds is 2. The Morgan fingerprint density at radius 2 is 1.91 bits per heavy atom. The molecule has 2 heterocycles. The van der Waals surface area contributed by atoms with Gasteiger partial charge in [-0.3, -0.25) is 9.59 Å².